The third-order valence-corrected chi connectivity index (χ3v) is 5.59. The van der Waals surface area contributed by atoms with E-state index in [1.54, 1.807) is 33.6 Å². The molecule has 0 aliphatic heterocycles. The molecule has 0 spiro atoms. The van der Waals surface area contributed by atoms with Crippen LogP contribution in [-0.2, 0) is 11.3 Å². The quantitative estimate of drug-likeness (QED) is 0.352. The molecule has 0 bridgehead atoms. The van der Waals surface area contributed by atoms with E-state index < -0.39 is 11.7 Å². The molecule has 9 heteroatoms. The molecule has 0 saturated carbocycles. The highest BCUT2D eigenvalue weighted by Gasteiger charge is 2.28. The van der Waals surface area contributed by atoms with Gasteiger partial charge in [0.2, 0.25) is 12.4 Å². The zero-order chi connectivity index (χ0) is 24.5. The van der Waals surface area contributed by atoms with Gasteiger partial charge in [-0.15, -0.1) is 0 Å². The van der Waals surface area contributed by atoms with Gasteiger partial charge >= 0.3 is 6.09 Å². The predicted molar refractivity (Wildman–Crippen MR) is 132 cm³/mol. The molecule has 176 valence electrons. The second-order valence-corrected chi connectivity index (χ2v) is 9.77. The number of nitrogens with zero attached hydrogens (tertiary/aromatic N) is 5. The Kier molecular flexibility index (Phi) is 6.56. The molecule has 0 aliphatic rings. The molecule has 4 aromatic rings. The highest BCUT2D eigenvalue weighted by Crippen LogP contribution is 2.29. The number of ether oxygens (including phenoxy) is 1. The van der Waals surface area contributed by atoms with E-state index in [2.05, 4.69) is 21.0 Å². The normalized spacial score (nSPS) is 11.5. The number of benzene rings is 1. The summed E-state index contributed by atoms with van der Waals surface area (Å²) in [6.07, 6.45) is 4.77. The summed E-state index contributed by atoms with van der Waals surface area (Å²) in [5, 5.41) is 4.47. The van der Waals surface area contributed by atoms with E-state index in [0.29, 0.717) is 11.5 Å². The number of fused-ring (bicyclic) bond motifs is 1. The van der Waals surface area contributed by atoms with Gasteiger partial charge in [0, 0.05) is 28.0 Å². The molecule has 0 saturated heterocycles. The molecule has 0 atom stereocenters. The minimum absolute atomic E-state index is 0.239. The molecule has 4 rings (SSSR count). The van der Waals surface area contributed by atoms with E-state index in [9.17, 15) is 4.79 Å². The molecule has 1 aromatic carbocycles. The standard InChI is InChI=1S/C25H27BrN5O3/c1-17-8-10-19(11-9-17)21-13-22(31-23(28-21)20(26)14-27-31)30(24(32)34-25(2,3)4)16-18-7-6-12-29(15-18)33-5/h6-15H,16H2,1-5H3/q+1. The molecule has 0 N–H and O–H groups in total. The lowest BCUT2D eigenvalue weighted by Crippen LogP contribution is -2.41. The first-order chi connectivity index (χ1) is 16.1. The lowest BCUT2D eigenvalue weighted by molar-refractivity contribution is -0.885. The number of anilines is 1. The van der Waals surface area contributed by atoms with Crippen molar-refractivity contribution < 1.29 is 19.1 Å². The monoisotopic (exact) mass is 524 g/mol. The smallest absolute Gasteiger partial charge is 0.416 e. The maximum absolute atomic E-state index is 13.5. The Morgan fingerprint density at radius 1 is 1.21 bits per heavy atom. The summed E-state index contributed by atoms with van der Waals surface area (Å²) in [4.78, 5) is 25.1. The number of rotatable bonds is 5. The zero-order valence-corrected chi connectivity index (χ0v) is 21.4. The summed E-state index contributed by atoms with van der Waals surface area (Å²) in [5.41, 5.74) is 3.59. The predicted octanol–water partition coefficient (Wildman–Crippen LogP) is 4.75. The molecule has 0 fully saturated rings. The van der Waals surface area contributed by atoms with Gasteiger partial charge in [-0.25, -0.2) is 9.78 Å². The minimum Gasteiger partial charge on any atom is -0.443 e. The first-order valence-corrected chi connectivity index (χ1v) is 11.6. The number of carbonyl (C=O) groups excluding carboxylic acids is 1. The van der Waals surface area contributed by atoms with E-state index >= 15 is 0 Å². The third kappa shape index (κ3) is 5.20. The molecule has 0 radical (unpaired) electrons. The van der Waals surface area contributed by atoms with Crippen molar-refractivity contribution in [2.75, 3.05) is 12.0 Å². The molecule has 34 heavy (non-hydrogen) atoms. The van der Waals surface area contributed by atoms with Crippen LogP contribution in [0, 0.1) is 6.92 Å². The number of aryl methyl sites for hydroxylation is 1. The second kappa shape index (κ2) is 9.42. The van der Waals surface area contributed by atoms with Crippen molar-refractivity contribution in [3.63, 3.8) is 0 Å². The molecule has 0 unspecified atom stereocenters. The summed E-state index contributed by atoms with van der Waals surface area (Å²) in [6, 6.07) is 13.7. The van der Waals surface area contributed by atoms with Gasteiger partial charge in [-0.2, -0.15) is 9.61 Å². The highest BCUT2D eigenvalue weighted by molar-refractivity contribution is 9.10. The second-order valence-electron chi connectivity index (χ2n) is 8.91. The van der Waals surface area contributed by atoms with Crippen LogP contribution >= 0.6 is 15.9 Å². The fourth-order valence-corrected chi connectivity index (χ4v) is 3.78. The fraction of sp³-hybridized carbons (Fsp3) is 0.280. The molecule has 0 aliphatic carbocycles. The largest absolute Gasteiger partial charge is 0.443 e. The maximum atomic E-state index is 13.5. The van der Waals surface area contributed by atoms with Crippen LogP contribution in [0.2, 0.25) is 0 Å². The SMILES string of the molecule is CO[n+]1cccc(CN(C(=O)OC(C)(C)C)c2cc(-c3ccc(C)cc3)nc3c(Br)cnn23)c1. The average Bonchev–Trinajstić information content (AvgIpc) is 3.17. The van der Waals surface area contributed by atoms with E-state index in [1.165, 1.54) is 0 Å². The molecule has 3 aromatic heterocycles. The Balaban J connectivity index is 1.88. The maximum Gasteiger partial charge on any atom is 0.416 e. The first kappa shape index (κ1) is 23.7. The van der Waals surface area contributed by atoms with Crippen LogP contribution in [-0.4, -0.2) is 33.4 Å². The van der Waals surface area contributed by atoms with Crippen LogP contribution < -0.4 is 14.5 Å². The summed E-state index contributed by atoms with van der Waals surface area (Å²) >= 11 is 3.54. The van der Waals surface area contributed by atoms with Crippen molar-refractivity contribution in [2.24, 2.45) is 0 Å². The Morgan fingerprint density at radius 2 is 1.94 bits per heavy atom. The van der Waals surface area contributed by atoms with Crippen molar-refractivity contribution in [1.82, 2.24) is 14.6 Å². The number of aromatic nitrogens is 4. The van der Waals surface area contributed by atoms with Gasteiger partial charge in [-0.1, -0.05) is 29.8 Å². The molecule has 3 heterocycles. The summed E-state index contributed by atoms with van der Waals surface area (Å²) in [5.74, 6) is 0.536. The molecule has 1 amide bonds. The van der Waals surface area contributed by atoms with Crippen molar-refractivity contribution in [1.29, 1.82) is 0 Å². The first-order valence-electron chi connectivity index (χ1n) is 10.8. The van der Waals surface area contributed by atoms with Crippen molar-refractivity contribution in [3.8, 4) is 11.3 Å². The van der Waals surface area contributed by atoms with Crippen molar-refractivity contribution in [3.05, 3.63) is 76.7 Å². The van der Waals surface area contributed by atoms with Gasteiger partial charge < -0.3 is 4.74 Å². The van der Waals surface area contributed by atoms with E-state index in [-0.39, 0.29) is 6.54 Å². The zero-order valence-electron chi connectivity index (χ0n) is 19.8. The third-order valence-electron chi connectivity index (χ3n) is 5.04. The Labute approximate surface area is 206 Å². The van der Waals surface area contributed by atoms with Crippen LogP contribution in [0.1, 0.15) is 31.9 Å². The number of pyridine rings is 1. The number of amides is 1. The Hall–Kier alpha value is -3.46. The van der Waals surface area contributed by atoms with Crippen LogP contribution in [0.25, 0.3) is 16.9 Å². The highest BCUT2D eigenvalue weighted by atomic mass is 79.9. The number of hydrogen-bond acceptors (Lipinski definition) is 5. The van der Waals surface area contributed by atoms with Crippen LogP contribution in [0.3, 0.4) is 0 Å². The molecular weight excluding hydrogens is 498 g/mol. The van der Waals surface area contributed by atoms with Crippen molar-refractivity contribution >= 4 is 33.5 Å². The van der Waals surface area contributed by atoms with E-state index in [4.69, 9.17) is 14.6 Å². The lowest BCUT2D eigenvalue weighted by Gasteiger charge is -2.27. The van der Waals surface area contributed by atoms with Gasteiger partial charge in [0.15, 0.2) is 5.65 Å². The number of hydrogen-bond donors (Lipinski definition) is 0. The Bertz CT molecular complexity index is 1330. The van der Waals surface area contributed by atoms with Gasteiger partial charge in [0.25, 0.3) is 0 Å². The van der Waals surface area contributed by atoms with Gasteiger partial charge in [-0.3, -0.25) is 9.74 Å². The van der Waals surface area contributed by atoms with Crippen LogP contribution in [0.5, 0.6) is 0 Å². The summed E-state index contributed by atoms with van der Waals surface area (Å²) in [6.45, 7) is 7.80. The summed E-state index contributed by atoms with van der Waals surface area (Å²) in [7, 11) is 1.58. The molecule has 8 nitrogen and oxygen atoms in total. The summed E-state index contributed by atoms with van der Waals surface area (Å²) < 4.78 is 9.72. The fourth-order valence-electron chi connectivity index (χ4n) is 3.43. The van der Waals surface area contributed by atoms with Crippen molar-refractivity contribution in [2.45, 2.75) is 39.8 Å². The van der Waals surface area contributed by atoms with E-state index in [1.807, 2.05) is 76.4 Å². The minimum atomic E-state index is -0.672. The van der Waals surface area contributed by atoms with Gasteiger partial charge in [0.1, 0.15) is 18.5 Å². The lowest BCUT2D eigenvalue weighted by atomic mass is 10.1. The average molecular weight is 525 g/mol. The van der Waals surface area contributed by atoms with Crippen LogP contribution in [0.15, 0.2) is 65.5 Å². The van der Waals surface area contributed by atoms with Crippen LogP contribution in [0.4, 0.5) is 10.6 Å². The van der Waals surface area contributed by atoms with Gasteiger partial charge in [-0.05, 0) is 49.7 Å². The number of carbonyl (C=O) groups is 1. The molecular formula is C25H27BrN5O3+. The Morgan fingerprint density at radius 3 is 2.62 bits per heavy atom. The number of halogens is 1. The van der Waals surface area contributed by atoms with E-state index in [0.717, 1.165) is 26.9 Å². The van der Waals surface area contributed by atoms with Gasteiger partial charge in [0.05, 0.1) is 22.9 Å². The topological polar surface area (TPSA) is 72.8 Å².